The van der Waals surface area contributed by atoms with Gasteiger partial charge >= 0.3 is 6.03 Å². The molecule has 1 aromatic heterocycles. The number of urea groups is 1. The molecule has 0 spiro atoms. The molecule has 5 rings (SSSR count). The van der Waals surface area contributed by atoms with Crippen molar-refractivity contribution in [1.29, 1.82) is 0 Å². The Morgan fingerprint density at radius 1 is 1.07 bits per heavy atom. The highest BCUT2D eigenvalue weighted by Gasteiger charge is 2.40. The van der Waals surface area contributed by atoms with Gasteiger partial charge < -0.3 is 4.98 Å². The molecule has 150 valence electrons. The molecule has 1 saturated heterocycles. The van der Waals surface area contributed by atoms with E-state index in [1.807, 2.05) is 25.1 Å². The summed E-state index contributed by atoms with van der Waals surface area (Å²) in [7, 11) is 0. The van der Waals surface area contributed by atoms with Gasteiger partial charge in [-0.25, -0.2) is 9.18 Å². The molecule has 3 amide bonds. The van der Waals surface area contributed by atoms with Crippen LogP contribution in [-0.4, -0.2) is 28.4 Å². The number of nitrogens with zero attached hydrogens (tertiary/aromatic N) is 1. The van der Waals surface area contributed by atoms with Crippen LogP contribution in [0.2, 0.25) is 0 Å². The largest absolute Gasteiger partial charge is 0.329 e. The predicted octanol–water partition coefficient (Wildman–Crippen LogP) is 3.50. The van der Waals surface area contributed by atoms with Crippen molar-refractivity contribution in [3.05, 3.63) is 82.0 Å². The number of hydrogen-bond acceptors (Lipinski definition) is 3. The van der Waals surface area contributed by atoms with Crippen LogP contribution < -0.4 is 10.9 Å². The minimum atomic E-state index is -0.442. The fraction of sp³-hybridized carbons (Fsp3) is 0.174. The molecule has 0 saturated carbocycles. The Balaban J connectivity index is 1.54. The van der Waals surface area contributed by atoms with E-state index >= 15 is 0 Å². The number of fused-ring (bicyclic) bond motifs is 2. The molecule has 30 heavy (non-hydrogen) atoms. The highest BCUT2D eigenvalue weighted by molar-refractivity contribution is 6.11. The zero-order valence-corrected chi connectivity index (χ0v) is 16.1. The first-order valence-electron chi connectivity index (χ1n) is 9.69. The summed E-state index contributed by atoms with van der Waals surface area (Å²) >= 11 is 0. The number of H-pyrrole nitrogens is 1. The highest BCUT2D eigenvalue weighted by Crippen LogP contribution is 2.34. The van der Waals surface area contributed by atoms with Gasteiger partial charge in [0.2, 0.25) is 0 Å². The molecule has 2 N–H and O–H groups in total. The molecule has 2 atom stereocenters. The third-order valence-corrected chi connectivity index (χ3v) is 5.85. The first kappa shape index (κ1) is 18.3. The minimum Gasteiger partial charge on any atom is -0.322 e. The first-order chi connectivity index (χ1) is 14.4. The van der Waals surface area contributed by atoms with Gasteiger partial charge in [-0.3, -0.25) is 19.8 Å². The number of amides is 3. The Morgan fingerprint density at radius 2 is 1.90 bits per heavy atom. The van der Waals surface area contributed by atoms with E-state index in [0.29, 0.717) is 28.8 Å². The maximum absolute atomic E-state index is 14.1. The van der Waals surface area contributed by atoms with Gasteiger partial charge in [-0.15, -0.1) is 0 Å². The van der Waals surface area contributed by atoms with E-state index in [1.54, 1.807) is 30.3 Å². The Kier molecular flexibility index (Phi) is 4.06. The molecular formula is C23H18FN3O3. The van der Waals surface area contributed by atoms with Crippen molar-refractivity contribution in [1.82, 2.24) is 15.2 Å². The van der Waals surface area contributed by atoms with Crippen molar-refractivity contribution >= 4 is 22.7 Å². The fourth-order valence-corrected chi connectivity index (χ4v) is 4.26. The van der Waals surface area contributed by atoms with Crippen LogP contribution in [0.25, 0.3) is 22.0 Å². The molecule has 0 aliphatic carbocycles. The maximum Gasteiger partial charge on any atom is 0.329 e. The van der Waals surface area contributed by atoms with E-state index in [-0.39, 0.29) is 28.9 Å². The lowest BCUT2D eigenvalue weighted by Crippen LogP contribution is -2.37. The average molecular weight is 403 g/mol. The Hall–Kier alpha value is -3.74. The van der Waals surface area contributed by atoms with Crippen LogP contribution in [0.3, 0.4) is 0 Å². The topological polar surface area (TPSA) is 82.3 Å². The number of rotatable bonds is 2. The molecule has 7 heteroatoms. The van der Waals surface area contributed by atoms with Crippen LogP contribution in [0.1, 0.15) is 18.4 Å². The van der Waals surface area contributed by atoms with Gasteiger partial charge in [0.1, 0.15) is 11.5 Å². The van der Waals surface area contributed by atoms with E-state index in [1.165, 1.54) is 11.0 Å². The predicted molar refractivity (Wildman–Crippen MR) is 110 cm³/mol. The maximum atomic E-state index is 14.1. The number of nitrogens with one attached hydrogen (secondary N) is 2. The van der Waals surface area contributed by atoms with Crippen molar-refractivity contribution < 1.29 is 14.0 Å². The molecule has 3 heterocycles. The molecule has 2 aromatic carbocycles. The normalized spacial score (nSPS) is 20.9. The zero-order valence-electron chi connectivity index (χ0n) is 16.1. The summed E-state index contributed by atoms with van der Waals surface area (Å²) in [5.74, 6) is -1.08. The van der Waals surface area contributed by atoms with Gasteiger partial charge in [0.15, 0.2) is 0 Å². The van der Waals surface area contributed by atoms with Crippen molar-refractivity contribution in [3.63, 3.8) is 0 Å². The summed E-state index contributed by atoms with van der Waals surface area (Å²) in [4.78, 5) is 41.0. The Labute approximate surface area is 171 Å². The summed E-state index contributed by atoms with van der Waals surface area (Å²) in [6.07, 6.45) is 1.68. The van der Waals surface area contributed by atoms with Gasteiger partial charge in [0.05, 0.1) is 0 Å². The zero-order chi connectivity index (χ0) is 21.0. The van der Waals surface area contributed by atoms with E-state index in [4.69, 9.17) is 0 Å². The first-order valence-corrected chi connectivity index (χ1v) is 9.69. The van der Waals surface area contributed by atoms with Gasteiger partial charge in [-0.2, -0.15) is 0 Å². The van der Waals surface area contributed by atoms with Crippen LogP contribution >= 0.6 is 0 Å². The van der Waals surface area contributed by atoms with Crippen molar-refractivity contribution in [2.24, 2.45) is 5.92 Å². The van der Waals surface area contributed by atoms with E-state index in [0.717, 1.165) is 5.39 Å². The molecule has 2 aliphatic heterocycles. The number of carbonyl (C=O) groups excluding carboxylic acids is 2. The number of aromatic nitrogens is 1. The number of hydrogen-bond donors (Lipinski definition) is 2. The summed E-state index contributed by atoms with van der Waals surface area (Å²) in [5, 5.41) is 3.55. The van der Waals surface area contributed by atoms with Crippen LogP contribution in [0.15, 0.2) is 65.1 Å². The average Bonchev–Trinajstić information content (AvgIpc) is 3.00. The molecule has 1 fully saturated rings. The fourth-order valence-electron chi connectivity index (χ4n) is 4.26. The van der Waals surface area contributed by atoms with Crippen molar-refractivity contribution in [2.45, 2.75) is 12.8 Å². The number of allylic oxidation sites excluding steroid dienone is 1. The number of pyridine rings is 1. The van der Waals surface area contributed by atoms with E-state index in [2.05, 4.69) is 10.3 Å². The number of benzene rings is 2. The summed E-state index contributed by atoms with van der Waals surface area (Å²) in [6, 6.07) is 13.4. The third kappa shape index (κ3) is 2.82. The number of halogens is 1. The minimum absolute atomic E-state index is 0.0351. The molecule has 3 aromatic rings. The third-order valence-electron chi connectivity index (χ3n) is 5.85. The van der Waals surface area contributed by atoms with Gasteiger partial charge in [0, 0.05) is 29.1 Å². The second-order valence-corrected chi connectivity index (χ2v) is 7.76. The lowest BCUT2D eigenvalue weighted by atomic mass is 9.84. The van der Waals surface area contributed by atoms with Gasteiger partial charge in [-0.05, 0) is 41.1 Å². The van der Waals surface area contributed by atoms with Crippen molar-refractivity contribution in [3.8, 4) is 11.3 Å². The monoisotopic (exact) mass is 403 g/mol. The number of imide groups is 1. The van der Waals surface area contributed by atoms with Gasteiger partial charge in [0.25, 0.3) is 11.5 Å². The lowest BCUT2D eigenvalue weighted by molar-refractivity contribution is -0.116. The van der Waals surface area contributed by atoms with Crippen LogP contribution in [0.4, 0.5) is 9.18 Å². The molecule has 2 unspecified atom stereocenters. The van der Waals surface area contributed by atoms with Crippen LogP contribution in [0.5, 0.6) is 0 Å². The second-order valence-electron chi connectivity index (χ2n) is 7.76. The standard InChI is InChI=1S/C23H18FN3O3/c1-12-11-27-20(22(29)26-23(27)30)10-16(12)15-7-8-19(25-21(15)28)14-6-5-13-3-2-4-18(24)17(13)9-14/h2-10,12,16H,11H2,1H3,(H,25,28)(H,26,29,30). The highest BCUT2D eigenvalue weighted by atomic mass is 19.1. The number of carbonyl (C=O) groups is 2. The second kappa shape index (κ2) is 6.66. The number of aromatic amines is 1. The van der Waals surface area contributed by atoms with Crippen molar-refractivity contribution in [2.75, 3.05) is 6.54 Å². The molecular weight excluding hydrogens is 385 g/mol. The van der Waals surface area contributed by atoms with Crippen LogP contribution in [-0.2, 0) is 4.79 Å². The van der Waals surface area contributed by atoms with E-state index < -0.39 is 11.9 Å². The quantitative estimate of drug-likeness (QED) is 0.643. The lowest BCUT2D eigenvalue weighted by Gasteiger charge is -2.31. The molecule has 0 bridgehead atoms. The summed E-state index contributed by atoms with van der Waals surface area (Å²) in [6.45, 7) is 2.30. The van der Waals surface area contributed by atoms with Gasteiger partial charge in [-0.1, -0.05) is 37.3 Å². The molecule has 6 nitrogen and oxygen atoms in total. The smallest absolute Gasteiger partial charge is 0.322 e. The summed E-state index contributed by atoms with van der Waals surface area (Å²) in [5.41, 5.74) is 1.83. The van der Waals surface area contributed by atoms with Crippen LogP contribution in [0, 0.1) is 11.7 Å². The summed E-state index contributed by atoms with van der Waals surface area (Å²) < 4.78 is 14.1. The SMILES string of the molecule is CC1CN2C(=O)NC(=O)C2=CC1c1ccc(-c2ccc3cccc(F)c3c2)[nH]c1=O. The Bertz CT molecular complexity index is 1310. The Morgan fingerprint density at radius 3 is 2.70 bits per heavy atom. The molecule has 2 aliphatic rings. The molecule has 0 radical (unpaired) electrons. The van der Waals surface area contributed by atoms with E-state index in [9.17, 15) is 18.8 Å².